The van der Waals surface area contributed by atoms with Gasteiger partial charge in [-0.1, -0.05) is 49.4 Å². The lowest BCUT2D eigenvalue weighted by molar-refractivity contribution is -0.120. The Hall–Kier alpha value is -3.06. The first-order chi connectivity index (χ1) is 13.1. The van der Waals surface area contributed by atoms with Gasteiger partial charge in [-0.2, -0.15) is 0 Å². The molecule has 27 heavy (non-hydrogen) atoms. The van der Waals surface area contributed by atoms with Crippen molar-refractivity contribution in [3.8, 4) is 11.4 Å². The largest absolute Gasteiger partial charge is 0.326 e. The van der Waals surface area contributed by atoms with Crippen LogP contribution in [0.25, 0.3) is 11.4 Å². The number of nitrogens with one attached hydrogen (secondary N) is 1. The van der Waals surface area contributed by atoms with Crippen LogP contribution in [-0.2, 0) is 4.79 Å². The SMILES string of the molecule is CC(C(=O)Nc1cccc(-c2nnnn2C2CC2)c1)C(N)c1ccccc1. The molecule has 3 aromatic rings. The van der Waals surface area contributed by atoms with Crippen molar-refractivity contribution in [3.05, 3.63) is 60.2 Å². The van der Waals surface area contributed by atoms with E-state index >= 15 is 0 Å². The Kier molecular flexibility index (Phi) is 4.68. The molecule has 0 spiro atoms. The number of benzene rings is 2. The van der Waals surface area contributed by atoms with Gasteiger partial charge in [0.25, 0.3) is 0 Å². The normalized spacial score (nSPS) is 15.9. The predicted octanol–water partition coefficient (Wildman–Crippen LogP) is 2.95. The van der Waals surface area contributed by atoms with Gasteiger partial charge in [-0.25, -0.2) is 4.68 Å². The molecule has 0 aliphatic heterocycles. The summed E-state index contributed by atoms with van der Waals surface area (Å²) in [5.74, 6) is 0.237. The van der Waals surface area contributed by atoms with Crippen LogP contribution in [0.15, 0.2) is 54.6 Å². The van der Waals surface area contributed by atoms with Crippen LogP contribution >= 0.6 is 0 Å². The van der Waals surface area contributed by atoms with Crippen LogP contribution in [0, 0.1) is 5.92 Å². The summed E-state index contributed by atoms with van der Waals surface area (Å²) >= 11 is 0. The number of tetrazole rings is 1. The minimum absolute atomic E-state index is 0.120. The fourth-order valence-corrected chi connectivity index (χ4v) is 3.07. The van der Waals surface area contributed by atoms with Crippen LogP contribution < -0.4 is 11.1 Å². The molecular weight excluding hydrogens is 340 g/mol. The second-order valence-electron chi connectivity index (χ2n) is 6.97. The molecule has 1 aliphatic carbocycles. The van der Waals surface area contributed by atoms with Crippen molar-refractivity contribution >= 4 is 11.6 Å². The third-order valence-electron chi connectivity index (χ3n) is 4.91. The fourth-order valence-electron chi connectivity index (χ4n) is 3.07. The Bertz CT molecular complexity index is 934. The second kappa shape index (κ2) is 7.28. The van der Waals surface area contributed by atoms with Gasteiger partial charge in [0, 0.05) is 17.3 Å². The van der Waals surface area contributed by atoms with Gasteiger partial charge in [-0.15, -0.1) is 5.10 Å². The highest BCUT2D eigenvalue weighted by Gasteiger charge is 2.28. The van der Waals surface area contributed by atoms with Crippen LogP contribution in [0.3, 0.4) is 0 Å². The molecule has 1 fully saturated rings. The molecule has 0 radical (unpaired) electrons. The lowest BCUT2D eigenvalue weighted by Crippen LogP contribution is -2.30. The third kappa shape index (κ3) is 3.73. The van der Waals surface area contributed by atoms with E-state index in [0.717, 1.165) is 29.8 Å². The quantitative estimate of drug-likeness (QED) is 0.702. The Morgan fingerprint density at radius 2 is 1.96 bits per heavy atom. The van der Waals surface area contributed by atoms with Crippen LogP contribution in [0.5, 0.6) is 0 Å². The van der Waals surface area contributed by atoms with E-state index in [1.165, 1.54) is 0 Å². The average Bonchev–Trinajstić information content (AvgIpc) is 3.44. The van der Waals surface area contributed by atoms with Gasteiger partial charge in [0.15, 0.2) is 5.82 Å². The van der Waals surface area contributed by atoms with E-state index in [0.29, 0.717) is 11.7 Å². The summed E-state index contributed by atoms with van der Waals surface area (Å²) in [6.07, 6.45) is 2.20. The number of nitrogens with zero attached hydrogens (tertiary/aromatic N) is 4. The average molecular weight is 362 g/mol. The molecule has 2 aromatic carbocycles. The van der Waals surface area contributed by atoms with Crippen molar-refractivity contribution in [1.29, 1.82) is 0 Å². The number of carbonyl (C=O) groups excluding carboxylic acids is 1. The number of rotatable bonds is 6. The van der Waals surface area contributed by atoms with Crippen LogP contribution in [-0.4, -0.2) is 26.1 Å². The standard InChI is InChI=1S/C20H22N6O/c1-13(18(21)14-6-3-2-4-7-14)20(27)22-16-9-5-8-15(12-16)19-23-24-25-26(19)17-10-11-17/h2-9,12-13,17-18H,10-11,21H2,1H3,(H,22,27). The number of hydrogen-bond acceptors (Lipinski definition) is 5. The van der Waals surface area contributed by atoms with Gasteiger partial charge >= 0.3 is 0 Å². The van der Waals surface area contributed by atoms with E-state index in [2.05, 4.69) is 20.8 Å². The molecule has 0 bridgehead atoms. The van der Waals surface area contributed by atoms with Crippen molar-refractivity contribution in [2.45, 2.75) is 31.8 Å². The summed E-state index contributed by atoms with van der Waals surface area (Å²) in [4.78, 5) is 12.7. The maximum Gasteiger partial charge on any atom is 0.229 e. The van der Waals surface area contributed by atoms with Crippen molar-refractivity contribution in [1.82, 2.24) is 20.2 Å². The zero-order valence-corrected chi connectivity index (χ0v) is 15.1. The first-order valence-electron chi connectivity index (χ1n) is 9.13. The maximum absolute atomic E-state index is 12.7. The smallest absolute Gasteiger partial charge is 0.229 e. The highest BCUT2D eigenvalue weighted by atomic mass is 16.1. The van der Waals surface area contributed by atoms with Gasteiger partial charge in [0.2, 0.25) is 5.91 Å². The first-order valence-corrected chi connectivity index (χ1v) is 9.13. The first kappa shape index (κ1) is 17.4. The number of nitrogens with two attached hydrogens (primary N) is 1. The summed E-state index contributed by atoms with van der Waals surface area (Å²) in [6, 6.07) is 17.3. The molecule has 4 rings (SSSR count). The third-order valence-corrected chi connectivity index (χ3v) is 4.91. The van der Waals surface area contributed by atoms with Gasteiger partial charge in [0.1, 0.15) is 0 Å². The molecule has 138 valence electrons. The molecule has 7 heteroatoms. The molecule has 1 aliphatic rings. The van der Waals surface area contributed by atoms with Gasteiger partial charge in [-0.05, 0) is 41.0 Å². The highest BCUT2D eigenvalue weighted by Crippen LogP contribution is 2.36. The fraction of sp³-hybridized carbons (Fsp3) is 0.300. The molecule has 3 N–H and O–H groups in total. The zero-order chi connectivity index (χ0) is 18.8. The van der Waals surface area contributed by atoms with E-state index in [4.69, 9.17) is 5.73 Å². The minimum atomic E-state index is -0.368. The molecule has 2 atom stereocenters. The molecule has 0 saturated heterocycles. The van der Waals surface area contributed by atoms with Gasteiger partial charge in [0.05, 0.1) is 12.0 Å². The monoisotopic (exact) mass is 362 g/mol. The summed E-state index contributed by atoms with van der Waals surface area (Å²) in [6.45, 7) is 1.84. The molecular formula is C20H22N6O. The van der Waals surface area contributed by atoms with E-state index in [9.17, 15) is 4.79 Å². The zero-order valence-electron chi connectivity index (χ0n) is 15.1. The van der Waals surface area contributed by atoms with E-state index in [-0.39, 0.29) is 17.9 Å². The minimum Gasteiger partial charge on any atom is -0.326 e. The lowest BCUT2D eigenvalue weighted by atomic mass is 9.94. The molecule has 7 nitrogen and oxygen atoms in total. The summed E-state index contributed by atoms with van der Waals surface area (Å²) in [5.41, 5.74) is 8.79. The Labute approximate surface area is 157 Å². The van der Waals surface area contributed by atoms with Gasteiger partial charge in [-0.3, -0.25) is 4.79 Å². The highest BCUT2D eigenvalue weighted by molar-refractivity contribution is 5.93. The predicted molar refractivity (Wildman–Crippen MR) is 103 cm³/mol. The number of carbonyl (C=O) groups is 1. The van der Waals surface area contributed by atoms with Crippen LogP contribution in [0.2, 0.25) is 0 Å². The van der Waals surface area contributed by atoms with E-state index < -0.39 is 0 Å². The maximum atomic E-state index is 12.7. The van der Waals surface area contributed by atoms with E-state index in [1.54, 1.807) is 0 Å². The molecule has 1 saturated carbocycles. The Morgan fingerprint density at radius 3 is 2.70 bits per heavy atom. The molecule has 1 aromatic heterocycles. The Balaban J connectivity index is 1.49. The summed E-state index contributed by atoms with van der Waals surface area (Å²) in [7, 11) is 0. The topological polar surface area (TPSA) is 98.7 Å². The number of hydrogen-bond donors (Lipinski definition) is 2. The Morgan fingerprint density at radius 1 is 1.19 bits per heavy atom. The van der Waals surface area contributed by atoms with Crippen molar-refractivity contribution in [2.24, 2.45) is 11.7 Å². The molecule has 2 unspecified atom stereocenters. The van der Waals surface area contributed by atoms with Crippen molar-refractivity contribution < 1.29 is 4.79 Å². The van der Waals surface area contributed by atoms with E-state index in [1.807, 2.05) is 66.2 Å². The van der Waals surface area contributed by atoms with Crippen molar-refractivity contribution in [3.63, 3.8) is 0 Å². The summed E-state index contributed by atoms with van der Waals surface area (Å²) < 4.78 is 1.86. The molecule has 1 heterocycles. The van der Waals surface area contributed by atoms with Crippen LogP contribution in [0.4, 0.5) is 5.69 Å². The number of amides is 1. The molecule has 1 amide bonds. The second-order valence-corrected chi connectivity index (χ2v) is 6.97. The van der Waals surface area contributed by atoms with Crippen molar-refractivity contribution in [2.75, 3.05) is 5.32 Å². The number of anilines is 1. The summed E-state index contributed by atoms with van der Waals surface area (Å²) in [5, 5.41) is 15.0. The lowest BCUT2D eigenvalue weighted by Gasteiger charge is -2.20. The number of aromatic nitrogens is 4. The van der Waals surface area contributed by atoms with Gasteiger partial charge < -0.3 is 11.1 Å². The van der Waals surface area contributed by atoms with Crippen LogP contribution in [0.1, 0.15) is 37.4 Å².